The minimum absolute atomic E-state index is 0.104. The van der Waals surface area contributed by atoms with Crippen molar-refractivity contribution >= 4 is 0 Å². The van der Waals surface area contributed by atoms with Crippen LogP contribution in [0, 0.1) is 0 Å². The Hall–Kier alpha value is -1.23. The van der Waals surface area contributed by atoms with Crippen molar-refractivity contribution in [1.29, 1.82) is 0 Å². The Bertz CT molecular complexity index is 361. The molecule has 0 spiro atoms. The summed E-state index contributed by atoms with van der Waals surface area (Å²) in [6.07, 6.45) is -4.08. The average molecular weight is 248 g/mol. The van der Waals surface area contributed by atoms with Gasteiger partial charge in [-0.15, -0.1) is 0 Å². The number of ether oxygens (including phenoxy) is 2. The lowest BCUT2D eigenvalue weighted by atomic mass is 10.0. The number of aryl methyl sites for hydroxylation is 1. The van der Waals surface area contributed by atoms with Gasteiger partial charge in [0.1, 0.15) is 17.9 Å². The maximum Gasteiger partial charge on any atom is 0.420 e. The first-order chi connectivity index (χ1) is 8.00. The molecule has 96 valence electrons. The van der Waals surface area contributed by atoms with E-state index in [4.69, 9.17) is 9.47 Å². The van der Waals surface area contributed by atoms with Gasteiger partial charge in [-0.05, 0) is 18.1 Å². The van der Waals surface area contributed by atoms with Crippen LogP contribution in [0.4, 0.5) is 13.2 Å². The third-order valence-corrected chi connectivity index (χ3v) is 2.32. The predicted octanol–water partition coefficient (Wildman–Crippen LogP) is 3.29. The highest BCUT2D eigenvalue weighted by Crippen LogP contribution is 2.38. The lowest BCUT2D eigenvalue weighted by Gasteiger charge is -2.17. The van der Waals surface area contributed by atoms with E-state index >= 15 is 0 Å². The molecule has 0 atom stereocenters. The van der Waals surface area contributed by atoms with Crippen LogP contribution in [-0.2, 0) is 17.3 Å². The van der Waals surface area contributed by atoms with Crippen LogP contribution < -0.4 is 4.74 Å². The largest absolute Gasteiger partial charge is 0.491 e. The first-order valence-corrected chi connectivity index (χ1v) is 5.31. The Morgan fingerprint density at radius 3 is 2.41 bits per heavy atom. The van der Waals surface area contributed by atoms with Crippen LogP contribution in [0.3, 0.4) is 0 Å². The zero-order valence-electron chi connectivity index (χ0n) is 9.80. The summed E-state index contributed by atoms with van der Waals surface area (Å²) in [6, 6.07) is 4.36. The molecule has 1 rings (SSSR count). The summed E-state index contributed by atoms with van der Waals surface area (Å²) in [5.41, 5.74) is -0.439. The highest BCUT2D eigenvalue weighted by Gasteiger charge is 2.36. The highest BCUT2D eigenvalue weighted by atomic mass is 19.4. The Kier molecular flexibility index (Phi) is 4.81. The first-order valence-electron chi connectivity index (χ1n) is 5.31. The molecular formula is C12H15F3O2. The Morgan fingerprint density at radius 2 is 1.88 bits per heavy atom. The number of methoxy groups -OCH3 is 1. The fraction of sp³-hybridized carbons (Fsp3) is 0.500. The monoisotopic (exact) mass is 248 g/mol. The maximum atomic E-state index is 12.9. The number of rotatable bonds is 5. The Balaban J connectivity index is 3.02. The molecule has 0 amide bonds. The van der Waals surface area contributed by atoms with Gasteiger partial charge in [-0.25, -0.2) is 0 Å². The summed E-state index contributed by atoms with van der Waals surface area (Å²) in [7, 11) is 1.47. The summed E-state index contributed by atoms with van der Waals surface area (Å²) in [5.74, 6) is -0.131. The Labute approximate surface area is 98.3 Å². The zero-order chi connectivity index (χ0) is 12.9. The van der Waals surface area contributed by atoms with Crippen LogP contribution in [0.25, 0.3) is 0 Å². The fourth-order valence-corrected chi connectivity index (χ4v) is 1.55. The number of alkyl halides is 3. The van der Waals surface area contributed by atoms with Gasteiger partial charge in [0.15, 0.2) is 0 Å². The van der Waals surface area contributed by atoms with Gasteiger partial charge in [0.25, 0.3) is 0 Å². The number of halogens is 3. The number of benzene rings is 1. The minimum Gasteiger partial charge on any atom is -0.491 e. The first kappa shape index (κ1) is 13.8. The second kappa shape index (κ2) is 5.91. The fourth-order valence-electron chi connectivity index (χ4n) is 1.55. The van der Waals surface area contributed by atoms with E-state index in [0.29, 0.717) is 6.42 Å². The van der Waals surface area contributed by atoms with Crippen molar-refractivity contribution < 1.29 is 22.6 Å². The van der Waals surface area contributed by atoms with E-state index in [-0.39, 0.29) is 24.5 Å². The van der Waals surface area contributed by atoms with Gasteiger partial charge in [0.2, 0.25) is 0 Å². The zero-order valence-corrected chi connectivity index (χ0v) is 9.80. The molecule has 0 fully saturated rings. The number of hydrogen-bond acceptors (Lipinski definition) is 2. The highest BCUT2D eigenvalue weighted by molar-refractivity contribution is 5.42. The van der Waals surface area contributed by atoms with E-state index in [1.807, 2.05) is 0 Å². The molecule has 0 unspecified atom stereocenters. The van der Waals surface area contributed by atoms with Gasteiger partial charge in [0, 0.05) is 7.11 Å². The van der Waals surface area contributed by atoms with E-state index in [9.17, 15) is 13.2 Å². The molecule has 1 aromatic carbocycles. The van der Waals surface area contributed by atoms with Gasteiger partial charge in [0.05, 0.1) is 6.61 Å². The standard InChI is InChI=1S/C12H15F3O2/c1-3-9-5-4-6-10(17-8-7-16-2)11(9)12(13,14)15/h4-6H,3,7-8H2,1-2H3. The molecule has 0 aliphatic heterocycles. The van der Waals surface area contributed by atoms with E-state index in [1.54, 1.807) is 13.0 Å². The smallest absolute Gasteiger partial charge is 0.420 e. The van der Waals surface area contributed by atoms with Crippen molar-refractivity contribution in [3.05, 3.63) is 29.3 Å². The summed E-state index contributed by atoms with van der Waals surface area (Å²) >= 11 is 0. The van der Waals surface area contributed by atoms with Gasteiger partial charge < -0.3 is 9.47 Å². The lowest BCUT2D eigenvalue weighted by Crippen LogP contribution is -2.14. The normalized spacial score (nSPS) is 11.6. The minimum atomic E-state index is -4.39. The SMILES string of the molecule is CCc1cccc(OCCOC)c1C(F)(F)F. The third kappa shape index (κ3) is 3.63. The van der Waals surface area contributed by atoms with Crippen LogP contribution in [0.15, 0.2) is 18.2 Å². The molecule has 0 aliphatic carbocycles. The van der Waals surface area contributed by atoms with Crippen molar-refractivity contribution in [2.24, 2.45) is 0 Å². The molecule has 0 bridgehead atoms. The molecule has 0 heterocycles. The van der Waals surface area contributed by atoms with Crippen LogP contribution in [-0.4, -0.2) is 20.3 Å². The summed E-state index contributed by atoms with van der Waals surface area (Å²) in [6.45, 7) is 2.05. The van der Waals surface area contributed by atoms with E-state index in [0.717, 1.165) is 0 Å². The Morgan fingerprint density at radius 1 is 1.18 bits per heavy atom. The van der Waals surface area contributed by atoms with Crippen molar-refractivity contribution in [3.8, 4) is 5.75 Å². The number of hydrogen-bond donors (Lipinski definition) is 0. The molecule has 0 saturated carbocycles. The van der Waals surface area contributed by atoms with Crippen molar-refractivity contribution in [3.63, 3.8) is 0 Å². The molecule has 0 saturated heterocycles. The van der Waals surface area contributed by atoms with Gasteiger partial charge in [-0.3, -0.25) is 0 Å². The molecular weight excluding hydrogens is 233 g/mol. The maximum absolute atomic E-state index is 12.9. The van der Waals surface area contributed by atoms with Gasteiger partial charge in [-0.2, -0.15) is 13.2 Å². The summed E-state index contributed by atoms with van der Waals surface area (Å²) in [4.78, 5) is 0. The lowest BCUT2D eigenvalue weighted by molar-refractivity contribution is -0.139. The molecule has 0 aromatic heterocycles. The van der Waals surface area contributed by atoms with Gasteiger partial charge >= 0.3 is 6.18 Å². The molecule has 5 heteroatoms. The van der Waals surface area contributed by atoms with Crippen LogP contribution in [0.1, 0.15) is 18.1 Å². The summed E-state index contributed by atoms with van der Waals surface area (Å²) in [5, 5.41) is 0. The third-order valence-electron chi connectivity index (χ3n) is 2.32. The van der Waals surface area contributed by atoms with Crippen LogP contribution >= 0.6 is 0 Å². The van der Waals surface area contributed by atoms with Crippen LogP contribution in [0.5, 0.6) is 5.75 Å². The summed E-state index contributed by atoms with van der Waals surface area (Å²) < 4.78 is 48.5. The average Bonchev–Trinajstić information content (AvgIpc) is 2.27. The molecule has 1 aromatic rings. The van der Waals surface area contributed by atoms with E-state index in [2.05, 4.69) is 0 Å². The van der Waals surface area contributed by atoms with Gasteiger partial charge in [-0.1, -0.05) is 19.1 Å². The second-order valence-electron chi connectivity index (χ2n) is 3.48. The quantitative estimate of drug-likeness (QED) is 0.744. The molecule has 0 aliphatic rings. The topological polar surface area (TPSA) is 18.5 Å². The van der Waals surface area contributed by atoms with E-state index < -0.39 is 11.7 Å². The van der Waals surface area contributed by atoms with Crippen molar-refractivity contribution in [2.45, 2.75) is 19.5 Å². The van der Waals surface area contributed by atoms with Crippen LogP contribution in [0.2, 0.25) is 0 Å². The molecule has 0 radical (unpaired) electrons. The molecule has 17 heavy (non-hydrogen) atoms. The van der Waals surface area contributed by atoms with Crippen molar-refractivity contribution in [1.82, 2.24) is 0 Å². The van der Waals surface area contributed by atoms with Crippen molar-refractivity contribution in [2.75, 3.05) is 20.3 Å². The predicted molar refractivity (Wildman–Crippen MR) is 58.2 cm³/mol. The molecule has 2 nitrogen and oxygen atoms in total. The molecule has 0 N–H and O–H groups in total. The second-order valence-corrected chi connectivity index (χ2v) is 3.48. The van der Waals surface area contributed by atoms with E-state index in [1.165, 1.54) is 19.2 Å².